The lowest BCUT2D eigenvalue weighted by atomic mass is 10.1. The van der Waals surface area contributed by atoms with Gasteiger partial charge in [-0.25, -0.2) is 10.2 Å². The highest BCUT2D eigenvalue weighted by Gasteiger charge is 2.13. The lowest BCUT2D eigenvalue weighted by Crippen LogP contribution is -2.21. The van der Waals surface area contributed by atoms with Gasteiger partial charge < -0.3 is 9.52 Å². The minimum absolute atomic E-state index is 0.0335. The van der Waals surface area contributed by atoms with Gasteiger partial charge in [0.25, 0.3) is 0 Å². The third-order valence-electron chi connectivity index (χ3n) is 3.27. The van der Waals surface area contributed by atoms with Crippen LogP contribution in [0.1, 0.15) is 63.7 Å². The molecule has 1 rings (SSSR count). The molecule has 6 heteroatoms. The zero-order valence-electron chi connectivity index (χ0n) is 13.4. The summed E-state index contributed by atoms with van der Waals surface area (Å²) in [6, 6.07) is 1.34. The number of carbonyl (C=O) groups excluding carboxylic acids is 1. The van der Waals surface area contributed by atoms with Crippen LogP contribution in [0, 0.1) is 6.92 Å². The molecule has 1 aromatic rings. The minimum atomic E-state index is -0.674. The highest BCUT2D eigenvalue weighted by Crippen LogP contribution is 2.15. The Morgan fingerprint density at radius 1 is 1.32 bits per heavy atom. The van der Waals surface area contributed by atoms with Crippen molar-refractivity contribution in [2.75, 3.05) is 0 Å². The van der Waals surface area contributed by atoms with Crippen molar-refractivity contribution in [3.05, 3.63) is 27.8 Å². The summed E-state index contributed by atoms with van der Waals surface area (Å²) >= 11 is 0. The van der Waals surface area contributed by atoms with E-state index in [2.05, 4.69) is 17.5 Å². The molecule has 2 N–H and O–H groups in total. The number of hydrogen-bond acceptors (Lipinski definition) is 5. The first-order chi connectivity index (χ1) is 10.5. The first kappa shape index (κ1) is 17.9. The maximum absolute atomic E-state index is 11.7. The molecule has 0 unspecified atom stereocenters. The smallest absolute Gasteiger partial charge is 0.348 e. The Kier molecular flexibility index (Phi) is 7.36. The van der Waals surface area contributed by atoms with Gasteiger partial charge in [0.05, 0.1) is 5.71 Å². The molecule has 22 heavy (non-hydrogen) atoms. The lowest BCUT2D eigenvalue weighted by Gasteiger charge is -2.04. The van der Waals surface area contributed by atoms with E-state index < -0.39 is 5.63 Å². The Morgan fingerprint density at radius 2 is 2.00 bits per heavy atom. The molecule has 1 amide bonds. The van der Waals surface area contributed by atoms with Crippen molar-refractivity contribution in [3.63, 3.8) is 0 Å². The van der Waals surface area contributed by atoms with E-state index in [4.69, 9.17) is 4.42 Å². The van der Waals surface area contributed by atoms with Crippen molar-refractivity contribution in [1.29, 1.82) is 0 Å². The van der Waals surface area contributed by atoms with E-state index in [1.54, 1.807) is 6.92 Å². The van der Waals surface area contributed by atoms with Gasteiger partial charge in [-0.15, -0.1) is 0 Å². The summed E-state index contributed by atoms with van der Waals surface area (Å²) in [5.41, 5.74) is 1.90. The highest BCUT2D eigenvalue weighted by molar-refractivity contribution is 6.01. The number of hydrogen-bond donors (Lipinski definition) is 2. The van der Waals surface area contributed by atoms with Crippen LogP contribution in [0.5, 0.6) is 5.75 Å². The van der Waals surface area contributed by atoms with E-state index in [1.807, 2.05) is 0 Å². The molecule has 1 heterocycles. The Bertz CT molecular complexity index is 590. The molecule has 122 valence electrons. The van der Waals surface area contributed by atoms with E-state index in [1.165, 1.54) is 19.4 Å². The van der Waals surface area contributed by atoms with Crippen LogP contribution in [0.3, 0.4) is 0 Å². The Hall–Kier alpha value is -2.11. The minimum Gasteiger partial charge on any atom is -0.507 e. The zero-order valence-corrected chi connectivity index (χ0v) is 13.4. The molecule has 0 aromatic carbocycles. The molecular formula is C16H24N2O4. The van der Waals surface area contributed by atoms with E-state index in [-0.39, 0.29) is 22.9 Å². The largest absolute Gasteiger partial charge is 0.507 e. The van der Waals surface area contributed by atoms with Crippen molar-refractivity contribution in [2.24, 2.45) is 5.10 Å². The maximum Gasteiger partial charge on any atom is 0.348 e. The normalized spacial score (nSPS) is 11.5. The summed E-state index contributed by atoms with van der Waals surface area (Å²) in [6.45, 7) is 5.24. The molecule has 0 atom stereocenters. The fourth-order valence-electron chi connectivity index (χ4n) is 2.08. The number of aromatic hydroxyl groups is 1. The van der Waals surface area contributed by atoms with Gasteiger partial charge in [0.2, 0.25) is 5.91 Å². The molecule has 0 saturated carbocycles. The first-order valence-electron chi connectivity index (χ1n) is 7.63. The topological polar surface area (TPSA) is 91.9 Å². The molecule has 6 nitrogen and oxygen atoms in total. The SMILES string of the molecule is CCCCCCCC(=O)NN=C(C)c1c(O)cc(C)oc1=O. The van der Waals surface area contributed by atoms with Gasteiger partial charge >= 0.3 is 5.63 Å². The first-order valence-corrected chi connectivity index (χ1v) is 7.63. The van der Waals surface area contributed by atoms with Gasteiger partial charge in [0, 0.05) is 12.5 Å². The van der Waals surface area contributed by atoms with Crippen molar-refractivity contribution in [2.45, 2.75) is 59.3 Å². The second-order valence-electron chi connectivity index (χ2n) is 5.30. The summed E-state index contributed by atoms with van der Waals surface area (Å²) in [7, 11) is 0. The van der Waals surface area contributed by atoms with E-state index in [0.29, 0.717) is 12.2 Å². The van der Waals surface area contributed by atoms with Crippen molar-refractivity contribution in [3.8, 4) is 5.75 Å². The highest BCUT2D eigenvalue weighted by atomic mass is 16.4. The Labute approximate surface area is 130 Å². The average molecular weight is 308 g/mol. The molecular weight excluding hydrogens is 284 g/mol. The van der Waals surface area contributed by atoms with Crippen LogP contribution in [-0.2, 0) is 4.79 Å². The monoisotopic (exact) mass is 308 g/mol. The van der Waals surface area contributed by atoms with Crippen LogP contribution in [0.4, 0.5) is 0 Å². The molecule has 0 spiro atoms. The van der Waals surface area contributed by atoms with Crippen molar-refractivity contribution >= 4 is 11.6 Å². The third-order valence-corrected chi connectivity index (χ3v) is 3.27. The number of carbonyl (C=O) groups is 1. The molecule has 1 aromatic heterocycles. The van der Waals surface area contributed by atoms with Crippen LogP contribution < -0.4 is 11.1 Å². The number of aryl methyl sites for hydroxylation is 1. The number of nitrogens with one attached hydrogen (secondary N) is 1. The summed E-state index contributed by atoms with van der Waals surface area (Å²) < 4.78 is 4.91. The van der Waals surface area contributed by atoms with E-state index in [9.17, 15) is 14.7 Å². The Balaban J connectivity index is 2.56. The number of unbranched alkanes of at least 4 members (excludes halogenated alkanes) is 4. The van der Waals surface area contributed by atoms with Crippen LogP contribution in [0.2, 0.25) is 0 Å². The van der Waals surface area contributed by atoms with Gasteiger partial charge in [-0.2, -0.15) is 5.10 Å². The van der Waals surface area contributed by atoms with Crippen LogP contribution in [0.25, 0.3) is 0 Å². The molecule has 0 aliphatic rings. The quantitative estimate of drug-likeness (QED) is 0.439. The predicted octanol–water partition coefficient (Wildman–Crippen LogP) is 2.85. The maximum atomic E-state index is 11.7. The van der Waals surface area contributed by atoms with Gasteiger partial charge in [-0.3, -0.25) is 4.79 Å². The molecule has 0 bridgehead atoms. The van der Waals surface area contributed by atoms with Gasteiger partial charge in [0.1, 0.15) is 17.1 Å². The second kappa shape index (κ2) is 9.02. The summed E-state index contributed by atoms with van der Waals surface area (Å²) in [4.78, 5) is 23.4. The zero-order chi connectivity index (χ0) is 16.5. The number of nitrogens with zero attached hydrogens (tertiary/aromatic N) is 1. The molecule has 0 saturated heterocycles. The predicted molar refractivity (Wildman–Crippen MR) is 85.1 cm³/mol. The number of amides is 1. The lowest BCUT2D eigenvalue weighted by molar-refractivity contribution is -0.121. The molecule has 0 fully saturated rings. The van der Waals surface area contributed by atoms with Crippen LogP contribution in [-0.4, -0.2) is 16.7 Å². The fraction of sp³-hybridized carbons (Fsp3) is 0.562. The van der Waals surface area contributed by atoms with Gasteiger partial charge in [-0.05, 0) is 20.3 Å². The molecule has 0 radical (unpaired) electrons. The van der Waals surface area contributed by atoms with E-state index >= 15 is 0 Å². The van der Waals surface area contributed by atoms with Gasteiger partial charge in [-0.1, -0.05) is 32.6 Å². The second-order valence-corrected chi connectivity index (χ2v) is 5.30. The summed E-state index contributed by atoms with van der Waals surface area (Å²) in [6.07, 6.45) is 5.71. The average Bonchev–Trinajstić information content (AvgIpc) is 2.43. The summed E-state index contributed by atoms with van der Waals surface area (Å²) in [5.74, 6) is -0.0918. The van der Waals surface area contributed by atoms with Crippen LogP contribution >= 0.6 is 0 Å². The fourth-order valence-corrected chi connectivity index (χ4v) is 2.08. The van der Waals surface area contributed by atoms with Crippen LogP contribution in [0.15, 0.2) is 20.4 Å². The molecule has 0 aliphatic carbocycles. The Morgan fingerprint density at radius 3 is 2.64 bits per heavy atom. The number of hydrazone groups is 1. The van der Waals surface area contributed by atoms with Crippen molar-refractivity contribution in [1.82, 2.24) is 5.43 Å². The third kappa shape index (κ3) is 5.71. The van der Waals surface area contributed by atoms with E-state index in [0.717, 1.165) is 25.7 Å². The summed E-state index contributed by atoms with van der Waals surface area (Å²) in [5, 5.41) is 13.6. The number of rotatable bonds is 8. The molecule has 0 aliphatic heterocycles. The standard InChI is InChI=1S/C16H24N2O4/c1-4-5-6-7-8-9-14(20)18-17-12(3)15-13(19)10-11(2)22-16(15)21/h10,19H,4-9H2,1-3H3,(H,18,20). The van der Waals surface area contributed by atoms with Gasteiger partial charge in [0.15, 0.2) is 0 Å². The van der Waals surface area contributed by atoms with Crippen molar-refractivity contribution < 1.29 is 14.3 Å².